The zero-order chi connectivity index (χ0) is 24.1. The summed E-state index contributed by atoms with van der Waals surface area (Å²) >= 11 is 6.14. The maximum atomic E-state index is 12.4. The number of benzene rings is 1. The number of likely N-dealkylation sites (N-methyl/N-ethyl adjacent to an activating group) is 2. The molecule has 1 atom stereocenters. The molecule has 0 aromatic heterocycles. The summed E-state index contributed by atoms with van der Waals surface area (Å²) in [5.74, 6) is -2.68. The van der Waals surface area contributed by atoms with Crippen LogP contribution in [-0.2, 0) is 25.5 Å². The fraction of sp³-hybridized carbons (Fsp3) is 0.550. The van der Waals surface area contributed by atoms with Crippen molar-refractivity contribution in [2.45, 2.75) is 30.7 Å². The average Bonchev–Trinajstić information content (AvgIpc) is 2.70. The van der Waals surface area contributed by atoms with E-state index in [1.807, 2.05) is 41.1 Å². The third-order valence-corrected chi connectivity index (χ3v) is 5.65. The number of carbonyl (C=O) groups excluding carboxylic acids is 2. The molecule has 2 amide bonds. The Hall–Kier alpha value is -2.37. The number of aryl methyl sites for hydroxylation is 1. The van der Waals surface area contributed by atoms with E-state index in [0.29, 0.717) is 44.1 Å². The van der Waals surface area contributed by atoms with Crippen LogP contribution in [0.3, 0.4) is 0 Å². The van der Waals surface area contributed by atoms with E-state index in [1.54, 1.807) is 7.05 Å². The Balaban J connectivity index is 0.000000451. The monoisotopic (exact) mass is 479 g/mol. The highest BCUT2D eigenvalue weighted by Crippen LogP contribution is 2.31. The Bertz CT molecular complexity index is 846. The Morgan fingerprint density at radius 3 is 2.34 bits per heavy atom. The Kier molecular flexibility index (Phi) is 8.49. The van der Waals surface area contributed by atoms with Crippen molar-refractivity contribution in [3.8, 4) is 0 Å². The predicted molar refractivity (Wildman–Crippen MR) is 109 cm³/mol. The summed E-state index contributed by atoms with van der Waals surface area (Å²) < 4.78 is 37.7. The second kappa shape index (κ2) is 10.5. The van der Waals surface area contributed by atoms with Gasteiger partial charge in [-0.3, -0.25) is 14.5 Å². The van der Waals surface area contributed by atoms with E-state index in [2.05, 4.69) is 5.32 Å². The van der Waals surface area contributed by atoms with Crippen molar-refractivity contribution in [3.63, 3.8) is 0 Å². The van der Waals surface area contributed by atoms with Gasteiger partial charge in [0.1, 0.15) is 11.6 Å². The number of nitrogens with zero attached hydrogens (tertiary/aromatic N) is 2. The maximum absolute atomic E-state index is 12.4. The first-order chi connectivity index (χ1) is 14.9. The molecule has 2 N–H and O–H groups in total. The average molecular weight is 480 g/mol. The van der Waals surface area contributed by atoms with Gasteiger partial charge in [0.25, 0.3) is 0 Å². The van der Waals surface area contributed by atoms with Gasteiger partial charge in [-0.1, -0.05) is 29.8 Å². The van der Waals surface area contributed by atoms with Crippen LogP contribution < -0.4 is 5.32 Å². The van der Waals surface area contributed by atoms with E-state index in [9.17, 15) is 22.8 Å². The lowest BCUT2D eigenvalue weighted by Crippen LogP contribution is -2.73. The summed E-state index contributed by atoms with van der Waals surface area (Å²) in [7, 11) is 3.55. The van der Waals surface area contributed by atoms with Crippen LogP contribution in [0.15, 0.2) is 24.3 Å². The lowest BCUT2D eigenvalue weighted by Gasteiger charge is -2.54. The summed E-state index contributed by atoms with van der Waals surface area (Å²) in [5.41, 5.74) is 0.661. The first-order valence-corrected chi connectivity index (χ1v) is 10.1. The van der Waals surface area contributed by atoms with Crippen molar-refractivity contribution in [1.29, 1.82) is 0 Å². The van der Waals surface area contributed by atoms with Crippen LogP contribution in [-0.4, -0.2) is 90.8 Å². The molecule has 2 saturated heterocycles. The van der Waals surface area contributed by atoms with Crippen molar-refractivity contribution in [2.75, 3.05) is 40.3 Å². The van der Waals surface area contributed by atoms with Crippen molar-refractivity contribution in [1.82, 2.24) is 15.1 Å². The first kappa shape index (κ1) is 25.9. The SMILES string of the molecule is CNC(=O)C1COC2(CN(C(=O)CCc3ccccc3Cl)C2)CN1C.O=C(O)C(F)(F)F. The van der Waals surface area contributed by atoms with Crippen LogP contribution in [0, 0.1) is 0 Å². The fourth-order valence-electron chi connectivity index (χ4n) is 3.55. The normalized spacial score (nSPS) is 20.1. The standard InChI is InChI=1S/C18H24ClN3O3.C2HF3O2/c1-20-17(24)15-9-25-18(10-21(15)2)11-22(12-18)16(23)8-7-13-5-3-4-6-14(13)19;3-2(4,5)1(6)7/h3-6,15H,7-12H2,1-2H3,(H,20,24);(H,6,7). The van der Waals surface area contributed by atoms with Gasteiger partial charge in [0.05, 0.1) is 19.7 Å². The summed E-state index contributed by atoms with van der Waals surface area (Å²) in [6.45, 7) is 2.18. The molecule has 1 spiro atoms. The van der Waals surface area contributed by atoms with E-state index in [0.717, 1.165) is 5.56 Å². The van der Waals surface area contributed by atoms with Gasteiger partial charge >= 0.3 is 12.1 Å². The van der Waals surface area contributed by atoms with Gasteiger partial charge in [-0.25, -0.2) is 4.79 Å². The maximum Gasteiger partial charge on any atom is 0.490 e. The minimum absolute atomic E-state index is 0.0376. The smallest absolute Gasteiger partial charge is 0.475 e. The topological polar surface area (TPSA) is 99.2 Å². The quantitative estimate of drug-likeness (QED) is 0.680. The Labute approximate surface area is 188 Å². The predicted octanol–water partition coefficient (Wildman–Crippen LogP) is 1.56. The molecule has 2 aliphatic heterocycles. The van der Waals surface area contributed by atoms with E-state index in [-0.39, 0.29) is 23.5 Å². The molecule has 0 radical (unpaired) electrons. The summed E-state index contributed by atoms with van der Waals surface area (Å²) in [4.78, 5) is 36.9. The minimum atomic E-state index is -5.08. The molecule has 1 unspecified atom stereocenters. The van der Waals surface area contributed by atoms with Crippen LogP contribution >= 0.6 is 11.6 Å². The zero-order valence-corrected chi connectivity index (χ0v) is 18.4. The van der Waals surface area contributed by atoms with Crippen molar-refractivity contribution in [3.05, 3.63) is 34.9 Å². The third-order valence-electron chi connectivity index (χ3n) is 5.29. The molecule has 3 rings (SSSR count). The van der Waals surface area contributed by atoms with Gasteiger partial charge in [0.15, 0.2) is 0 Å². The van der Waals surface area contributed by atoms with Crippen LogP contribution in [0.4, 0.5) is 13.2 Å². The van der Waals surface area contributed by atoms with Crippen LogP contribution in [0.1, 0.15) is 12.0 Å². The van der Waals surface area contributed by atoms with Gasteiger partial charge in [0.2, 0.25) is 11.8 Å². The molecule has 8 nitrogen and oxygen atoms in total. The van der Waals surface area contributed by atoms with E-state index in [1.165, 1.54) is 0 Å². The molecule has 2 fully saturated rings. The molecule has 12 heteroatoms. The van der Waals surface area contributed by atoms with Crippen molar-refractivity contribution < 1.29 is 37.4 Å². The van der Waals surface area contributed by atoms with Gasteiger partial charge in [-0.05, 0) is 25.1 Å². The first-order valence-electron chi connectivity index (χ1n) is 9.75. The number of rotatable bonds is 4. The number of halogens is 4. The molecule has 178 valence electrons. The van der Waals surface area contributed by atoms with Crippen molar-refractivity contribution >= 4 is 29.4 Å². The lowest BCUT2D eigenvalue weighted by atomic mass is 9.90. The van der Waals surface area contributed by atoms with Crippen LogP contribution in [0.25, 0.3) is 0 Å². The number of carboxylic acid groups (broad SMARTS) is 1. The number of aliphatic carboxylic acids is 1. The number of alkyl halides is 3. The van der Waals surface area contributed by atoms with Gasteiger partial charge < -0.3 is 20.1 Å². The molecular formula is C20H25ClF3N3O5. The summed E-state index contributed by atoms with van der Waals surface area (Å²) in [5, 5.41) is 10.5. The molecule has 2 heterocycles. The van der Waals surface area contributed by atoms with Crippen molar-refractivity contribution in [2.24, 2.45) is 0 Å². The number of likely N-dealkylation sites (tertiary alicyclic amines) is 1. The highest BCUT2D eigenvalue weighted by molar-refractivity contribution is 6.31. The van der Waals surface area contributed by atoms with Gasteiger partial charge in [0, 0.05) is 25.0 Å². The Morgan fingerprint density at radius 1 is 1.25 bits per heavy atom. The van der Waals surface area contributed by atoms with Gasteiger partial charge in [-0.2, -0.15) is 13.2 Å². The fourth-order valence-corrected chi connectivity index (χ4v) is 3.78. The number of morpholine rings is 1. The number of nitrogens with one attached hydrogen (secondary N) is 1. The number of amides is 2. The Morgan fingerprint density at radius 2 is 1.84 bits per heavy atom. The zero-order valence-electron chi connectivity index (χ0n) is 17.6. The lowest BCUT2D eigenvalue weighted by molar-refractivity contribution is -0.201. The molecule has 32 heavy (non-hydrogen) atoms. The number of hydrogen-bond acceptors (Lipinski definition) is 5. The van der Waals surface area contributed by atoms with Gasteiger partial charge in [-0.15, -0.1) is 0 Å². The van der Waals surface area contributed by atoms with E-state index < -0.39 is 12.1 Å². The van der Waals surface area contributed by atoms with E-state index in [4.69, 9.17) is 26.2 Å². The minimum Gasteiger partial charge on any atom is -0.475 e. The highest BCUT2D eigenvalue weighted by Gasteiger charge is 2.50. The number of carbonyl (C=O) groups is 3. The number of hydrogen-bond donors (Lipinski definition) is 2. The largest absolute Gasteiger partial charge is 0.490 e. The second-order valence-corrected chi connectivity index (χ2v) is 8.09. The number of carboxylic acids is 1. The van der Waals surface area contributed by atoms with Crippen LogP contribution in [0.2, 0.25) is 5.02 Å². The second-order valence-electron chi connectivity index (χ2n) is 7.68. The molecule has 1 aromatic carbocycles. The highest BCUT2D eigenvalue weighted by atomic mass is 35.5. The number of ether oxygens (including phenoxy) is 1. The van der Waals surface area contributed by atoms with Crippen LogP contribution in [0.5, 0.6) is 0 Å². The summed E-state index contributed by atoms with van der Waals surface area (Å²) in [6.07, 6.45) is -4.00. The molecule has 0 saturated carbocycles. The molecule has 0 bridgehead atoms. The molecular weight excluding hydrogens is 455 g/mol. The van der Waals surface area contributed by atoms with E-state index >= 15 is 0 Å². The molecule has 0 aliphatic carbocycles. The molecule has 1 aromatic rings. The molecule has 2 aliphatic rings. The third kappa shape index (κ3) is 6.57. The summed E-state index contributed by atoms with van der Waals surface area (Å²) in [6, 6.07) is 7.34.